The first kappa shape index (κ1) is 13.2. The molecule has 0 N–H and O–H groups in total. The van der Waals surface area contributed by atoms with Crippen molar-refractivity contribution in [2.75, 3.05) is 0 Å². The maximum Gasteiger partial charge on any atom is 0.136 e. The molecular formula is C13H11Cl2FN2. The van der Waals surface area contributed by atoms with Crippen LogP contribution in [0.1, 0.15) is 18.9 Å². The molecule has 1 aromatic heterocycles. The highest BCUT2D eigenvalue weighted by molar-refractivity contribution is 6.31. The summed E-state index contributed by atoms with van der Waals surface area (Å²) in [5, 5.41) is 0.727. The fourth-order valence-corrected chi connectivity index (χ4v) is 2.16. The maximum atomic E-state index is 13.9. The summed E-state index contributed by atoms with van der Waals surface area (Å²) in [7, 11) is 0. The molecule has 0 fully saturated rings. The molecule has 0 aliphatic carbocycles. The van der Waals surface area contributed by atoms with Gasteiger partial charge in [0.2, 0.25) is 0 Å². The summed E-state index contributed by atoms with van der Waals surface area (Å²) in [5.41, 5.74) is 1.70. The van der Waals surface area contributed by atoms with E-state index in [9.17, 15) is 4.39 Å². The van der Waals surface area contributed by atoms with Crippen LogP contribution in [0.3, 0.4) is 0 Å². The van der Waals surface area contributed by atoms with Gasteiger partial charge in [-0.05, 0) is 24.6 Å². The first-order valence-electron chi connectivity index (χ1n) is 5.58. The zero-order chi connectivity index (χ0) is 13.1. The van der Waals surface area contributed by atoms with Gasteiger partial charge in [-0.1, -0.05) is 36.5 Å². The first-order valence-corrected chi connectivity index (χ1v) is 6.34. The fourth-order valence-electron chi connectivity index (χ4n) is 1.78. The van der Waals surface area contributed by atoms with E-state index in [1.165, 1.54) is 12.4 Å². The Kier molecular flexibility index (Phi) is 4.15. The molecule has 0 atom stereocenters. The molecule has 1 heterocycles. The van der Waals surface area contributed by atoms with Gasteiger partial charge in [0, 0.05) is 16.1 Å². The predicted octanol–water partition coefficient (Wildman–Crippen LogP) is 4.54. The fraction of sp³-hybridized carbons (Fsp3) is 0.231. The highest BCUT2D eigenvalue weighted by Crippen LogP contribution is 2.29. The van der Waals surface area contributed by atoms with Gasteiger partial charge in [0.15, 0.2) is 0 Å². The monoisotopic (exact) mass is 284 g/mol. The molecule has 0 spiro atoms. The Hall–Kier alpha value is -1.19. The third kappa shape index (κ3) is 2.62. The molecule has 0 amide bonds. The van der Waals surface area contributed by atoms with Crippen molar-refractivity contribution in [2.24, 2.45) is 0 Å². The average Bonchev–Trinajstić information content (AvgIpc) is 2.32. The summed E-state index contributed by atoms with van der Waals surface area (Å²) in [6, 6.07) is 4.50. The topological polar surface area (TPSA) is 25.8 Å². The van der Waals surface area contributed by atoms with Gasteiger partial charge < -0.3 is 0 Å². The van der Waals surface area contributed by atoms with Crippen LogP contribution in [-0.4, -0.2) is 9.97 Å². The average molecular weight is 285 g/mol. The lowest BCUT2D eigenvalue weighted by Gasteiger charge is -2.09. The SMILES string of the molecule is CCCc1c(Cl)ncnc1-c1ccc(Cl)cc1F. The maximum absolute atomic E-state index is 13.9. The van der Waals surface area contributed by atoms with Crippen LogP contribution in [0, 0.1) is 5.82 Å². The molecule has 0 bridgehead atoms. The molecule has 0 aliphatic heterocycles. The van der Waals surface area contributed by atoms with Crippen LogP contribution in [0.25, 0.3) is 11.3 Å². The van der Waals surface area contributed by atoms with E-state index >= 15 is 0 Å². The molecule has 5 heteroatoms. The normalized spacial score (nSPS) is 10.7. The number of rotatable bonds is 3. The summed E-state index contributed by atoms with van der Waals surface area (Å²) >= 11 is 11.8. The summed E-state index contributed by atoms with van der Waals surface area (Å²) in [5.74, 6) is -0.408. The molecule has 2 rings (SSSR count). The van der Waals surface area contributed by atoms with Crippen molar-refractivity contribution >= 4 is 23.2 Å². The molecule has 0 radical (unpaired) electrons. The Morgan fingerprint density at radius 3 is 2.67 bits per heavy atom. The van der Waals surface area contributed by atoms with Crippen molar-refractivity contribution < 1.29 is 4.39 Å². The quantitative estimate of drug-likeness (QED) is 0.773. The Labute approximate surface area is 115 Å². The lowest BCUT2D eigenvalue weighted by molar-refractivity contribution is 0.630. The van der Waals surface area contributed by atoms with Gasteiger partial charge in [-0.25, -0.2) is 14.4 Å². The number of halogens is 3. The molecule has 2 nitrogen and oxygen atoms in total. The zero-order valence-electron chi connectivity index (χ0n) is 9.75. The van der Waals surface area contributed by atoms with Crippen LogP contribution in [-0.2, 0) is 6.42 Å². The number of benzene rings is 1. The second kappa shape index (κ2) is 5.63. The van der Waals surface area contributed by atoms with Crippen LogP contribution in [0.15, 0.2) is 24.5 Å². The largest absolute Gasteiger partial charge is 0.236 e. The number of nitrogens with zero attached hydrogens (tertiary/aromatic N) is 2. The van der Waals surface area contributed by atoms with Crippen LogP contribution in [0.4, 0.5) is 4.39 Å². The third-order valence-electron chi connectivity index (χ3n) is 2.58. The number of hydrogen-bond donors (Lipinski definition) is 0. The number of aromatic nitrogens is 2. The minimum atomic E-state index is -0.408. The Balaban J connectivity index is 2.59. The molecule has 94 valence electrons. The first-order chi connectivity index (χ1) is 8.63. The molecule has 0 saturated heterocycles. The Morgan fingerprint density at radius 2 is 2.00 bits per heavy atom. The summed E-state index contributed by atoms with van der Waals surface area (Å²) in [6.45, 7) is 2.02. The van der Waals surface area contributed by atoms with Crippen LogP contribution < -0.4 is 0 Å². The van der Waals surface area contributed by atoms with E-state index < -0.39 is 5.82 Å². The van der Waals surface area contributed by atoms with E-state index in [4.69, 9.17) is 23.2 Å². The van der Waals surface area contributed by atoms with Crippen molar-refractivity contribution in [1.82, 2.24) is 9.97 Å². The van der Waals surface area contributed by atoms with Crippen molar-refractivity contribution in [3.05, 3.63) is 46.1 Å². The second-order valence-electron chi connectivity index (χ2n) is 3.87. The van der Waals surface area contributed by atoms with Gasteiger partial charge in [-0.3, -0.25) is 0 Å². The van der Waals surface area contributed by atoms with E-state index in [1.54, 1.807) is 12.1 Å². The highest BCUT2D eigenvalue weighted by atomic mass is 35.5. The number of hydrogen-bond acceptors (Lipinski definition) is 2. The van der Waals surface area contributed by atoms with Crippen LogP contribution >= 0.6 is 23.2 Å². The summed E-state index contributed by atoms with van der Waals surface area (Å²) in [4.78, 5) is 8.08. The van der Waals surface area contributed by atoms with E-state index in [0.717, 1.165) is 12.0 Å². The minimum absolute atomic E-state index is 0.355. The zero-order valence-corrected chi connectivity index (χ0v) is 11.3. The summed E-state index contributed by atoms with van der Waals surface area (Å²) in [6.07, 6.45) is 2.93. The molecule has 2 aromatic rings. The molecule has 0 aliphatic rings. The van der Waals surface area contributed by atoms with Crippen molar-refractivity contribution in [2.45, 2.75) is 19.8 Å². The van der Waals surface area contributed by atoms with Gasteiger partial charge in [0.1, 0.15) is 17.3 Å². The molecule has 0 unspecified atom stereocenters. The van der Waals surface area contributed by atoms with Crippen molar-refractivity contribution in [3.8, 4) is 11.3 Å². The van der Waals surface area contributed by atoms with Gasteiger partial charge in [0.05, 0.1) is 5.69 Å². The van der Waals surface area contributed by atoms with Gasteiger partial charge in [-0.15, -0.1) is 0 Å². The summed E-state index contributed by atoms with van der Waals surface area (Å²) < 4.78 is 13.9. The smallest absolute Gasteiger partial charge is 0.136 e. The van der Waals surface area contributed by atoms with Gasteiger partial charge in [0.25, 0.3) is 0 Å². The van der Waals surface area contributed by atoms with Crippen molar-refractivity contribution in [3.63, 3.8) is 0 Å². The van der Waals surface area contributed by atoms with Gasteiger partial charge >= 0.3 is 0 Å². The van der Waals surface area contributed by atoms with Crippen LogP contribution in [0.5, 0.6) is 0 Å². The second-order valence-corrected chi connectivity index (χ2v) is 4.66. The Bertz CT molecular complexity index is 573. The van der Waals surface area contributed by atoms with Gasteiger partial charge in [-0.2, -0.15) is 0 Å². The van der Waals surface area contributed by atoms with E-state index in [-0.39, 0.29) is 0 Å². The Morgan fingerprint density at radius 1 is 1.22 bits per heavy atom. The standard InChI is InChI=1S/C13H11Cl2FN2/c1-2-3-10-12(17-7-18-13(10)15)9-5-4-8(14)6-11(9)16/h4-7H,2-3H2,1H3. The van der Waals surface area contributed by atoms with E-state index in [0.29, 0.717) is 27.9 Å². The van der Waals surface area contributed by atoms with E-state index in [2.05, 4.69) is 9.97 Å². The molecule has 1 aromatic carbocycles. The van der Waals surface area contributed by atoms with E-state index in [1.807, 2.05) is 6.92 Å². The molecule has 0 saturated carbocycles. The lowest BCUT2D eigenvalue weighted by Crippen LogP contribution is -1.98. The molecule has 18 heavy (non-hydrogen) atoms. The minimum Gasteiger partial charge on any atom is -0.236 e. The highest BCUT2D eigenvalue weighted by Gasteiger charge is 2.14. The molecular weight excluding hydrogens is 274 g/mol. The third-order valence-corrected chi connectivity index (χ3v) is 3.14. The predicted molar refractivity (Wildman–Crippen MR) is 71.4 cm³/mol. The van der Waals surface area contributed by atoms with Crippen LogP contribution in [0.2, 0.25) is 10.2 Å². The lowest BCUT2D eigenvalue weighted by atomic mass is 10.0. The van der Waals surface area contributed by atoms with Crippen molar-refractivity contribution in [1.29, 1.82) is 0 Å².